The Morgan fingerprint density at radius 3 is 2.67 bits per heavy atom. The van der Waals surface area contributed by atoms with Crippen molar-refractivity contribution in [3.05, 3.63) is 22.4 Å². The second kappa shape index (κ2) is 4.01. The maximum absolute atomic E-state index is 11.8. The molecule has 0 spiro atoms. The standard InChI is InChI=1S/C9H10N2OS3/c12-9(6-2-1-3-13-6)10-11-7-4-14-8(11)5-15-7/h1-3,7-8H,4-5H2,(H,10,12)/t7-,8-/m0/s1. The number of nitrogens with one attached hydrogen (secondary N) is 1. The van der Waals surface area contributed by atoms with Crippen molar-refractivity contribution in [3.8, 4) is 0 Å². The second-order valence-electron chi connectivity index (χ2n) is 3.40. The number of hydrazine groups is 1. The van der Waals surface area contributed by atoms with Gasteiger partial charge in [-0.25, -0.2) is 0 Å². The number of amides is 1. The SMILES string of the molecule is O=C(NN1[C@@H]2CS[C@H]1CS2)c1cccs1. The maximum Gasteiger partial charge on any atom is 0.275 e. The molecular weight excluding hydrogens is 248 g/mol. The summed E-state index contributed by atoms with van der Waals surface area (Å²) in [5, 5.41) is 4.99. The normalized spacial score (nSPS) is 29.6. The molecule has 2 saturated heterocycles. The van der Waals surface area contributed by atoms with Crippen LogP contribution in [-0.2, 0) is 0 Å². The summed E-state index contributed by atoms with van der Waals surface area (Å²) in [6, 6.07) is 3.76. The van der Waals surface area contributed by atoms with Gasteiger partial charge in [0.25, 0.3) is 5.91 Å². The van der Waals surface area contributed by atoms with Crippen molar-refractivity contribution in [3.63, 3.8) is 0 Å². The van der Waals surface area contributed by atoms with Gasteiger partial charge in [-0.3, -0.25) is 10.2 Å². The quantitative estimate of drug-likeness (QED) is 0.877. The van der Waals surface area contributed by atoms with E-state index in [9.17, 15) is 4.79 Å². The van der Waals surface area contributed by atoms with Gasteiger partial charge in [-0.15, -0.1) is 34.9 Å². The van der Waals surface area contributed by atoms with Crippen LogP contribution in [0.3, 0.4) is 0 Å². The average molecular weight is 258 g/mol. The first-order valence-corrected chi connectivity index (χ1v) is 7.68. The van der Waals surface area contributed by atoms with Crippen LogP contribution in [0.1, 0.15) is 9.67 Å². The Balaban J connectivity index is 1.69. The van der Waals surface area contributed by atoms with Gasteiger partial charge in [-0.1, -0.05) is 6.07 Å². The van der Waals surface area contributed by atoms with Crippen LogP contribution in [0.4, 0.5) is 0 Å². The molecule has 1 aromatic heterocycles. The molecule has 80 valence electrons. The van der Waals surface area contributed by atoms with Crippen molar-refractivity contribution in [2.45, 2.75) is 10.7 Å². The fourth-order valence-corrected chi connectivity index (χ4v) is 5.46. The van der Waals surface area contributed by atoms with E-state index in [0.29, 0.717) is 10.7 Å². The Kier molecular flexibility index (Phi) is 2.68. The summed E-state index contributed by atoms with van der Waals surface area (Å²) in [6.07, 6.45) is 0. The summed E-state index contributed by atoms with van der Waals surface area (Å²) in [7, 11) is 0. The molecule has 0 saturated carbocycles. The number of hydrogen-bond acceptors (Lipinski definition) is 5. The lowest BCUT2D eigenvalue weighted by atomic mass is 10.4. The molecule has 0 aliphatic carbocycles. The highest BCUT2D eigenvalue weighted by atomic mass is 32.2. The lowest BCUT2D eigenvalue weighted by Crippen LogP contribution is -2.45. The van der Waals surface area contributed by atoms with E-state index in [1.165, 1.54) is 11.3 Å². The summed E-state index contributed by atoms with van der Waals surface area (Å²) >= 11 is 5.35. The molecule has 0 aromatic carbocycles. The van der Waals surface area contributed by atoms with Crippen molar-refractivity contribution in [2.75, 3.05) is 11.5 Å². The predicted octanol–water partition coefficient (Wildman–Crippen LogP) is 1.84. The van der Waals surface area contributed by atoms with Crippen LogP contribution in [0.25, 0.3) is 0 Å². The van der Waals surface area contributed by atoms with Crippen molar-refractivity contribution in [2.24, 2.45) is 0 Å². The highest BCUT2D eigenvalue weighted by Crippen LogP contribution is 2.42. The molecule has 3 heterocycles. The molecule has 2 bridgehead atoms. The van der Waals surface area contributed by atoms with Crippen molar-refractivity contribution < 1.29 is 4.79 Å². The van der Waals surface area contributed by atoms with Gasteiger partial charge < -0.3 is 0 Å². The Bertz CT molecular complexity index is 347. The number of carbonyl (C=O) groups excluding carboxylic acids is 1. The van der Waals surface area contributed by atoms with Crippen LogP contribution in [0.2, 0.25) is 0 Å². The number of thiophene rings is 1. The van der Waals surface area contributed by atoms with Crippen molar-refractivity contribution in [1.29, 1.82) is 0 Å². The van der Waals surface area contributed by atoms with E-state index in [4.69, 9.17) is 0 Å². The molecule has 3 nitrogen and oxygen atoms in total. The molecule has 6 heteroatoms. The van der Waals surface area contributed by atoms with E-state index in [1.54, 1.807) is 0 Å². The summed E-state index contributed by atoms with van der Waals surface area (Å²) < 4.78 is 0. The zero-order valence-electron chi connectivity index (χ0n) is 7.88. The van der Waals surface area contributed by atoms with Gasteiger partial charge in [-0.05, 0) is 11.4 Å². The van der Waals surface area contributed by atoms with Crippen LogP contribution in [0.5, 0.6) is 0 Å². The topological polar surface area (TPSA) is 32.3 Å². The smallest absolute Gasteiger partial charge is 0.275 e. The lowest BCUT2D eigenvalue weighted by Gasteiger charge is -2.19. The summed E-state index contributed by atoms with van der Waals surface area (Å²) in [5.41, 5.74) is 3.01. The molecule has 3 rings (SSSR count). The van der Waals surface area contributed by atoms with E-state index >= 15 is 0 Å². The van der Waals surface area contributed by atoms with E-state index in [0.717, 1.165) is 16.4 Å². The average Bonchev–Trinajstić information content (AvgIpc) is 2.94. The second-order valence-corrected chi connectivity index (χ2v) is 6.77. The number of fused-ring (bicyclic) bond motifs is 2. The van der Waals surface area contributed by atoms with Gasteiger partial charge in [0.05, 0.1) is 15.6 Å². The molecule has 0 unspecified atom stereocenters. The number of hydrogen-bond donors (Lipinski definition) is 1. The third kappa shape index (κ3) is 1.80. The molecule has 2 aliphatic rings. The Morgan fingerprint density at radius 2 is 2.13 bits per heavy atom. The van der Waals surface area contributed by atoms with Gasteiger partial charge >= 0.3 is 0 Å². The molecule has 15 heavy (non-hydrogen) atoms. The number of carbonyl (C=O) groups is 1. The Hall–Kier alpha value is -0.170. The van der Waals surface area contributed by atoms with Crippen LogP contribution in [0.15, 0.2) is 17.5 Å². The monoisotopic (exact) mass is 258 g/mol. The third-order valence-electron chi connectivity index (χ3n) is 2.46. The van der Waals surface area contributed by atoms with Gasteiger partial charge in [0, 0.05) is 11.5 Å². The maximum atomic E-state index is 11.8. The first-order valence-electron chi connectivity index (χ1n) is 4.70. The minimum Gasteiger partial charge on any atom is -0.282 e. The molecule has 2 aliphatic heterocycles. The number of thioether (sulfide) groups is 2. The van der Waals surface area contributed by atoms with Crippen LogP contribution in [0, 0.1) is 0 Å². The zero-order valence-corrected chi connectivity index (χ0v) is 10.3. The molecule has 2 atom stereocenters. The molecule has 1 N–H and O–H groups in total. The van der Waals surface area contributed by atoms with E-state index in [1.807, 2.05) is 41.0 Å². The number of rotatable bonds is 2. The summed E-state index contributed by atoms with van der Waals surface area (Å²) in [4.78, 5) is 12.6. The van der Waals surface area contributed by atoms with Gasteiger partial charge in [0.1, 0.15) is 0 Å². The van der Waals surface area contributed by atoms with Crippen LogP contribution in [-0.4, -0.2) is 33.2 Å². The van der Waals surface area contributed by atoms with Gasteiger partial charge in [0.2, 0.25) is 0 Å². The first-order chi connectivity index (χ1) is 7.34. The van der Waals surface area contributed by atoms with Crippen LogP contribution < -0.4 is 5.43 Å². The summed E-state index contributed by atoms with van der Waals surface area (Å²) in [6.45, 7) is 0. The highest BCUT2D eigenvalue weighted by Gasteiger charge is 2.41. The minimum atomic E-state index is 0.0324. The molecule has 2 fully saturated rings. The highest BCUT2D eigenvalue weighted by molar-refractivity contribution is 8.07. The summed E-state index contributed by atoms with van der Waals surface area (Å²) in [5.74, 6) is 2.28. The van der Waals surface area contributed by atoms with Crippen LogP contribution >= 0.6 is 34.9 Å². The van der Waals surface area contributed by atoms with E-state index < -0.39 is 0 Å². The number of nitrogens with zero attached hydrogens (tertiary/aromatic N) is 1. The Morgan fingerprint density at radius 1 is 1.40 bits per heavy atom. The van der Waals surface area contributed by atoms with Gasteiger partial charge in [-0.2, -0.15) is 5.01 Å². The van der Waals surface area contributed by atoms with Crippen molar-refractivity contribution >= 4 is 40.8 Å². The lowest BCUT2D eigenvalue weighted by molar-refractivity contribution is 0.0802. The van der Waals surface area contributed by atoms with Gasteiger partial charge in [0.15, 0.2) is 0 Å². The molecule has 0 radical (unpaired) electrons. The molecular formula is C9H10N2OS3. The third-order valence-corrected chi connectivity index (χ3v) is 6.32. The zero-order chi connectivity index (χ0) is 10.3. The van der Waals surface area contributed by atoms with E-state index in [-0.39, 0.29) is 5.91 Å². The molecule has 1 aromatic rings. The first kappa shape index (κ1) is 10.0. The Labute approximate surface area is 101 Å². The fourth-order valence-electron chi connectivity index (χ4n) is 1.71. The minimum absolute atomic E-state index is 0.0324. The predicted molar refractivity (Wildman–Crippen MR) is 66.1 cm³/mol. The fraction of sp³-hybridized carbons (Fsp3) is 0.444. The largest absolute Gasteiger partial charge is 0.282 e. The van der Waals surface area contributed by atoms with Crippen molar-refractivity contribution in [1.82, 2.24) is 10.4 Å². The van der Waals surface area contributed by atoms with E-state index in [2.05, 4.69) is 10.4 Å². The molecule has 1 amide bonds.